The van der Waals surface area contributed by atoms with Crippen LogP contribution in [0.4, 0.5) is 0 Å². The van der Waals surface area contributed by atoms with Crippen molar-refractivity contribution in [2.24, 2.45) is 0 Å². The summed E-state index contributed by atoms with van der Waals surface area (Å²) in [6.07, 6.45) is 50.3. The smallest absolute Gasteiger partial charge is 0.399 e. The van der Waals surface area contributed by atoms with Crippen LogP contribution < -0.4 is 10.9 Å². The van der Waals surface area contributed by atoms with Gasteiger partial charge in [-0.2, -0.15) is 0 Å². The summed E-state index contributed by atoms with van der Waals surface area (Å²) in [5.74, 6) is 0. The van der Waals surface area contributed by atoms with Gasteiger partial charge >= 0.3 is 14.2 Å². The Morgan fingerprint density at radius 2 is 0.409 bits per heavy atom. The Labute approximate surface area is 673 Å². The van der Waals surface area contributed by atoms with Crippen molar-refractivity contribution in [1.82, 2.24) is 0 Å². The Hall–Kier alpha value is -5.75. The first-order valence-corrected chi connectivity index (χ1v) is 45.5. The largest absolute Gasteiger partial charge is 0.494 e. The van der Waals surface area contributed by atoms with E-state index >= 15 is 0 Å². The molecule has 2 aliphatic rings. The summed E-state index contributed by atoms with van der Waals surface area (Å²) in [5.41, 5.74) is 22.8. The molecule has 2 aliphatic heterocycles. The normalized spacial score (nSPS) is 15.0. The van der Waals surface area contributed by atoms with Gasteiger partial charge in [0.05, 0.1) is 22.4 Å². The quantitative estimate of drug-likeness (QED) is 0.0281. The lowest BCUT2D eigenvalue weighted by molar-refractivity contribution is 0.00578. The second-order valence-corrected chi connectivity index (χ2v) is 35.8. The fourth-order valence-electron chi connectivity index (χ4n) is 16.9. The number of aryl methyl sites for hydroxylation is 8. The van der Waals surface area contributed by atoms with E-state index in [2.05, 4.69) is 244 Å². The number of unbranched alkanes of at least 4 members (excludes halogenated alkanes) is 24. The molecular formula is C104H150B2O4. The Kier molecular flexibility index (Phi) is 35.5. The molecule has 2 saturated heterocycles. The van der Waals surface area contributed by atoms with Gasteiger partial charge in [-0.15, -0.1) is 0 Å². The molecule has 2 fully saturated rings. The molecule has 0 N–H and O–H groups in total. The monoisotopic (exact) mass is 1490 g/mol. The predicted octanol–water partition coefficient (Wildman–Crippen LogP) is 29.9. The molecular weight excluding hydrogens is 1330 g/mol. The highest BCUT2D eigenvalue weighted by Crippen LogP contribution is 2.44. The van der Waals surface area contributed by atoms with E-state index in [1.165, 1.54) is 342 Å². The molecule has 596 valence electrons. The van der Waals surface area contributed by atoms with E-state index in [0.29, 0.717) is 0 Å². The van der Waals surface area contributed by atoms with Crippen molar-refractivity contribution < 1.29 is 18.6 Å². The van der Waals surface area contributed by atoms with Crippen LogP contribution in [0.5, 0.6) is 0 Å². The molecule has 10 rings (SSSR count). The number of fused-ring (bicyclic) bond motifs is 2. The third-order valence-electron chi connectivity index (χ3n) is 25.1. The van der Waals surface area contributed by atoms with E-state index in [1.54, 1.807) is 0 Å². The lowest BCUT2D eigenvalue weighted by atomic mass is 9.72. The van der Waals surface area contributed by atoms with Crippen molar-refractivity contribution in [2.45, 2.75) is 390 Å². The van der Waals surface area contributed by atoms with Crippen LogP contribution in [0.25, 0.3) is 66.1 Å². The number of hydrogen-bond donors (Lipinski definition) is 0. The number of benzene rings is 8. The van der Waals surface area contributed by atoms with E-state index in [1.807, 2.05) is 0 Å². The summed E-state index contributed by atoms with van der Waals surface area (Å²) in [6.45, 7) is 35.8. The van der Waals surface area contributed by atoms with E-state index < -0.39 is 36.6 Å². The minimum Gasteiger partial charge on any atom is -0.399 e. The molecule has 8 aromatic rings. The van der Waals surface area contributed by atoms with Gasteiger partial charge in [0, 0.05) is 0 Å². The Morgan fingerprint density at radius 3 is 0.609 bits per heavy atom. The highest BCUT2D eigenvalue weighted by atomic mass is 16.7. The maximum absolute atomic E-state index is 6.89. The second kappa shape index (κ2) is 44.2. The van der Waals surface area contributed by atoms with Crippen molar-refractivity contribution in [3.05, 3.63) is 178 Å². The Balaban J connectivity index is 0.000000267. The zero-order chi connectivity index (χ0) is 78.5. The van der Waals surface area contributed by atoms with Gasteiger partial charge in [-0.25, -0.2) is 0 Å². The first kappa shape index (κ1) is 88.2. The van der Waals surface area contributed by atoms with Crippen LogP contribution in [0.1, 0.15) is 361 Å². The Morgan fingerprint density at radius 1 is 0.209 bits per heavy atom. The average Bonchev–Trinajstić information content (AvgIpc) is 1.41. The molecule has 2 heterocycles. The predicted molar refractivity (Wildman–Crippen MR) is 484 cm³/mol. The fraction of sp³-hybridized carbons (Fsp3) is 0.577. The van der Waals surface area contributed by atoms with Gasteiger partial charge in [-0.1, -0.05) is 343 Å². The maximum Gasteiger partial charge on any atom is 0.494 e. The van der Waals surface area contributed by atoms with Gasteiger partial charge < -0.3 is 18.6 Å². The maximum atomic E-state index is 6.89. The molecule has 0 atom stereocenters. The Bertz CT molecular complexity index is 3680. The number of rotatable bonds is 46. The summed E-state index contributed by atoms with van der Waals surface area (Å²) < 4.78 is 27.6. The molecule has 0 saturated carbocycles. The molecule has 0 aliphatic carbocycles. The summed E-state index contributed by atoms with van der Waals surface area (Å²) in [6, 6.07) is 53.7. The average molecular weight is 1490 g/mol. The molecule has 0 aromatic heterocycles. The molecule has 0 spiro atoms. The number of hydrogen-bond acceptors (Lipinski definition) is 4. The van der Waals surface area contributed by atoms with Gasteiger partial charge in [-0.3, -0.25) is 0 Å². The van der Waals surface area contributed by atoms with Crippen LogP contribution >= 0.6 is 0 Å². The second-order valence-electron chi connectivity index (χ2n) is 35.8. The molecule has 6 heteroatoms. The van der Waals surface area contributed by atoms with Gasteiger partial charge in [0.25, 0.3) is 0 Å². The highest BCUT2D eigenvalue weighted by Gasteiger charge is 2.53. The molecule has 110 heavy (non-hydrogen) atoms. The van der Waals surface area contributed by atoms with Crippen LogP contribution in [0.2, 0.25) is 0 Å². The minimum absolute atomic E-state index is 0.459. The van der Waals surface area contributed by atoms with Crippen molar-refractivity contribution in [3.8, 4) is 44.5 Å². The van der Waals surface area contributed by atoms with Gasteiger partial charge in [0.1, 0.15) is 0 Å². The lowest BCUT2D eigenvalue weighted by Gasteiger charge is -2.32. The van der Waals surface area contributed by atoms with Crippen LogP contribution in [-0.2, 0) is 70.0 Å². The first-order valence-electron chi connectivity index (χ1n) is 45.5. The zero-order valence-electron chi connectivity index (χ0n) is 72.8. The molecule has 4 nitrogen and oxygen atoms in total. The summed E-state index contributed by atoms with van der Waals surface area (Å²) in [5, 5.41) is 5.22. The summed E-state index contributed by atoms with van der Waals surface area (Å²) in [4.78, 5) is 0. The van der Waals surface area contributed by atoms with E-state index in [-0.39, 0.29) is 0 Å². The minimum atomic E-state index is -0.492. The van der Waals surface area contributed by atoms with Gasteiger partial charge in [-0.05, 0) is 280 Å². The third kappa shape index (κ3) is 25.1. The summed E-state index contributed by atoms with van der Waals surface area (Å²) in [7, 11) is -0.984. The summed E-state index contributed by atoms with van der Waals surface area (Å²) >= 11 is 0. The molecule has 0 bridgehead atoms. The van der Waals surface area contributed by atoms with Crippen LogP contribution in [0.15, 0.2) is 133 Å². The zero-order valence-corrected chi connectivity index (χ0v) is 72.8. The van der Waals surface area contributed by atoms with Crippen molar-refractivity contribution >= 4 is 46.7 Å². The van der Waals surface area contributed by atoms with Crippen LogP contribution in [0, 0.1) is 0 Å². The highest BCUT2D eigenvalue weighted by molar-refractivity contribution is 6.64. The van der Waals surface area contributed by atoms with E-state index in [4.69, 9.17) is 18.6 Å². The standard InChI is InChI=1S/C58H86B2O4.C46H64/c1-13-17-21-25-29-43-33-44(30-26-22-18-14-2)36-47(35-43)51-39-49(59-61-55(5,6)56(7,8)62-59)42-54-52(40-50(41-53(51)54)60-63-57(9,10)58(11,12)64-60)48-37-45(31-27-23-19-15-3)34-46(38-48)32-28-24-20-16-4;1-5-9-13-17-23-37-31-38(24-18-14-10-6-2)34-41(33-37)43-27-21-30-46-44(28-22-29-45(43)46)42-35-39(25-19-15-11-7-3)32-40(36-42)26-20-16-12-8-4/h33-42H,13-32H2,1-12H3;21-22,27-36H,5-20,23-26H2,1-4H3. The topological polar surface area (TPSA) is 36.9 Å². The molecule has 0 unspecified atom stereocenters. The van der Waals surface area contributed by atoms with Gasteiger partial charge in [0.15, 0.2) is 0 Å². The lowest BCUT2D eigenvalue weighted by Crippen LogP contribution is -2.41. The third-order valence-corrected chi connectivity index (χ3v) is 25.1. The molecule has 8 aromatic carbocycles. The SMILES string of the molecule is CCCCCCc1cc(CCCCCC)cc(-c2cc(B3OC(C)(C)C(C)(C)O3)cc3c(-c4cc(CCCCCC)cc(CCCCCC)c4)cc(B4OC(C)(C)C(C)(C)O4)cc23)c1.CCCCCCc1cc(CCCCCC)cc(-c2cccc3c(-c4cc(CCCCCC)cc(CCCCCC)c4)cccc23)c1. The van der Waals surface area contributed by atoms with Crippen LogP contribution in [-0.4, -0.2) is 36.6 Å². The fourth-order valence-corrected chi connectivity index (χ4v) is 16.9. The first-order chi connectivity index (χ1) is 53.2. The molecule has 0 radical (unpaired) electrons. The van der Waals surface area contributed by atoms with Crippen molar-refractivity contribution in [1.29, 1.82) is 0 Å². The van der Waals surface area contributed by atoms with Crippen molar-refractivity contribution in [3.63, 3.8) is 0 Å². The van der Waals surface area contributed by atoms with E-state index in [0.717, 1.165) is 36.6 Å². The van der Waals surface area contributed by atoms with Crippen molar-refractivity contribution in [2.75, 3.05) is 0 Å². The molecule has 0 amide bonds. The van der Waals surface area contributed by atoms with Gasteiger partial charge in [0.2, 0.25) is 0 Å². The van der Waals surface area contributed by atoms with Crippen LogP contribution in [0.3, 0.4) is 0 Å². The van der Waals surface area contributed by atoms with E-state index in [9.17, 15) is 0 Å².